The standard InChI is InChI=1S/C10H20N4O/c15-10(14-7-5-12-6-8-14)13-9-1-3-11-4-2-9/h1,3,9-13,15H,2,4-8H2. The second-order valence-corrected chi connectivity index (χ2v) is 4.03. The summed E-state index contributed by atoms with van der Waals surface area (Å²) in [4.78, 5) is 2.06. The Kier molecular flexibility index (Phi) is 3.96. The van der Waals surface area contributed by atoms with Crippen LogP contribution in [0.2, 0.25) is 0 Å². The molecule has 0 aromatic carbocycles. The normalized spacial score (nSPS) is 29.8. The lowest BCUT2D eigenvalue weighted by Gasteiger charge is -2.34. The molecular formula is C10H20N4O. The number of aliphatic hydroxyl groups is 1. The van der Waals surface area contributed by atoms with Gasteiger partial charge in [-0.1, -0.05) is 6.08 Å². The van der Waals surface area contributed by atoms with Gasteiger partial charge in [-0.2, -0.15) is 0 Å². The first-order valence-electron chi connectivity index (χ1n) is 5.65. The van der Waals surface area contributed by atoms with Crippen LogP contribution in [-0.4, -0.2) is 55.1 Å². The fourth-order valence-corrected chi connectivity index (χ4v) is 1.97. The minimum absolute atomic E-state index is 0.288. The maximum atomic E-state index is 9.96. The summed E-state index contributed by atoms with van der Waals surface area (Å²) in [5.74, 6) is 0. The second kappa shape index (κ2) is 5.46. The summed E-state index contributed by atoms with van der Waals surface area (Å²) in [5.41, 5.74) is 0. The molecule has 0 aliphatic carbocycles. The van der Waals surface area contributed by atoms with Crippen molar-refractivity contribution in [3.05, 3.63) is 12.3 Å². The Morgan fingerprint density at radius 3 is 2.80 bits per heavy atom. The van der Waals surface area contributed by atoms with Gasteiger partial charge in [0.2, 0.25) is 0 Å². The summed E-state index contributed by atoms with van der Waals surface area (Å²) in [5, 5.41) is 19.6. The van der Waals surface area contributed by atoms with E-state index >= 15 is 0 Å². The third-order valence-electron chi connectivity index (χ3n) is 2.91. The van der Waals surface area contributed by atoms with E-state index in [9.17, 15) is 5.11 Å². The van der Waals surface area contributed by atoms with Crippen molar-refractivity contribution in [3.63, 3.8) is 0 Å². The number of nitrogens with one attached hydrogen (secondary N) is 3. The van der Waals surface area contributed by atoms with Crippen molar-refractivity contribution < 1.29 is 5.11 Å². The molecule has 1 saturated heterocycles. The molecule has 0 bridgehead atoms. The van der Waals surface area contributed by atoms with Crippen molar-refractivity contribution in [2.75, 3.05) is 32.7 Å². The van der Waals surface area contributed by atoms with Crippen molar-refractivity contribution in [2.45, 2.75) is 18.8 Å². The van der Waals surface area contributed by atoms with Crippen LogP contribution in [0.25, 0.3) is 0 Å². The first-order chi connectivity index (χ1) is 7.36. The molecule has 5 heteroatoms. The zero-order chi connectivity index (χ0) is 10.5. The highest BCUT2D eigenvalue weighted by Gasteiger charge is 2.20. The molecule has 0 aromatic rings. The zero-order valence-electron chi connectivity index (χ0n) is 8.95. The average molecular weight is 212 g/mol. The fraction of sp³-hybridized carbons (Fsp3) is 0.800. The lowest BCUT2D eigenvalue weighted by molar-refractivity contribution is -0.0334. The van der Waals surface area contributed by atoms with Crippen LogP contribution in [0.5, 0.6) is 0 Å². The smallest absolute Gasteiger partial charge is 0.163 e. The Balaban J connectivity index is 1.77. The predicted molar refractivity (Wildman–Crippen MR) is 59.1 cm³/mol. The Bertz CT molecular complexity index is 215. The van der Waals surface area contributed by atoms with E-state index < -0.39 is 6.35 Å². The van der Waals surface area contributed by atoms with Crippen molar-refractivity contribution in [1.29, 1.82) is 0 Å². The van der Waals surface area contributed by atoms with Gasteiger partial charge >= 0.3 is 0 Å². The molecule has 0 aromatic heterocycles. The molecule has 0 spiro atoms. The molecule has 2 aliphatic heterocycles. The number of nitrogens with zero attached hydrogens (tertiary/aromatic N) is 1. The lowest BCUT2D eigenvalue weighted by atomic mass is 10.1. The van der Waals surface area contributed by atoms with Gasteiger partial charge in [0.15, 0.2) is 6.35 Å². The third kappa shape index (κ3) is 3.17. The van der Waals surface area contributed by atoms with E-state index in [-0.39, 0.29) is 6.04 Å². The molecule has 5 nitrogen and oxygen atoms in total. The molecule has 2 atom stereocenters. The third-order valence-corrected chi connectivity index (χ3v) is 2.91. The van der Waals surface area contributed by atoms with Crippen LogP contribution in [0, 0.1) is 0 Å². The monoisotopic (exact) mass is 212 g/mol. The number of rotatable bonds is 3. The van der Waals surface area contributed by atoms with Crippen molar-refractivity contribution in [3.8, 4) is 0 Å². The minimum Gasteiger partial charge on any atom is -0.391 e. The van der Waals surface area contributed by atoms with Crippen LogP contribution in [-0.2, 0) is 0 Å². The van der Waals surface area contributed by atoms with Gasteiger partial charge in [-0.05, 0) is 12.6 Å². The van der Waals surface area contributed by atoms with Crippen molar-refractivity contribution >= 4 is 0 Å². The maximum Gasteiger partial charge on any atom is 0.163 e. The van der Waals surface area contributed by atoms with Crippen LogP contribution in [0.15, 0.2) is 12.3 Å². The second-order valence-electron chi connectivity index (χ2n) is 4.03. The largest absolute Gasteiger partial charge is 0.391 e. The van der Waals surface area contributed by atoms with Crippen LogP contribution >= 0.6 is 0 Å². The first-order valence-corrected chi connectivity index (χ1v) is 5.65. The van der Waals surface area contributed by atoms with Gasteiger partial charge in [0.25, 0.3) is 0 Å². The molecule has 0 saturated carbocycles. The number of piperazine rings is 1. The predicted octanol–water partition coefficient (Wildman–Crippen LogP) is -1.37. The Morgan fingerprint density at radius 2 is 2.13 bits per heavy atom. The molecule has 2 heterocycles. The summed E-state index contributed by atoms with van der Waals surface area (Å²) in [6.45, 7) is 4.70. The molecule has 15 heavy (non-hydrogen) atoms. The lowest BCUT2D eigenvalue weighted by Crippen LogP contribution is -2.56. The van der Waals surface area contributed by atoms with Gasteiger partial charge in [-0.3, -0.25) is 10.2 Å². The van der Waals surface area contributed by atoms with E-state index in [2.05, 4.69) is 26.9 Å². The van der Waals surface area contributed by atoms with E-state index in [4.69, 9.17) is 0 Å². The average Bonchev–Trinajstić information content (AvgIpc) is 2.31. The van der Waals surface area contributed by atoms with E-state index in [0.717, 1.165) is 39.1 Å². The van der Waals surface area contributed by atoms with Crippen molar-refractivity contribution in [2.24, 2.45) is 0 Å². The minimum atomic E-state index is -0.514. The van der Waals surface area contributed by atoms with Crippen molar-refractivity contribution in [1.82, 2.24) is 20.9 Å². The molecule has 2 aliphatic rings. The number of hydrogen-bond acceptors (Lipinski definition) is 5. The van der Waals surface area contributed by atoms with Gasteiger partial charge in [0, 0.05) is 38.8 Å². The highest BCUT2D eigenvalue weighted by atomic mass is 16.3. The molecule has 86 valence electrons. The van der Waals surface area contributed by atoms with Gasteiger partial charge in [0.05, 0.1) is 0 Å². The molecule has 4 N–H and O–H groups in total. The van der Waals surface area contributed by atoms with Crippen LogP contribution in [0.3, 0.4) is 0 Å². The molecule has 2 unspecified atom stereocenters. The number of aliphatic hydroxyl groups excluding tert-OH is 1. The molecule has 0 radical (unpaired) electrons. The van der Waals surface area contributed by atoms with Gasteiger partial charge in [0.1, 0.15) is 0 Å². The summed E-state index contributed by atoms with van der Waals surface area (Å²) in [6, 6.07) is 0.288. The topological polar surface area (TPSA) is 59.6 Å². The summed E-state index contributed by atoms with van der Waals surface area (Å²) in [6.07, 6.45) is 4.53. The van der Waals surface area contributed by atoms with Gasteiger partial charge in [-0.15, -0.1) is 0 Å². The Labute approximate surface area is 90.5 Å². The molecule has 0 amide bonds. The maximum absolute atomic E-state index is 9.96. The summed E-state index contributed by atoms with van der Waals surface area (Å²) >= 11 is 0. The van der Waals surface area contributed by atoms with E-state index in [1.165, 1.54) is 0 Å². The quantitative estimate of drug-likeness (QED) is 0.435. The SMILES string of the molecule is OC(NC1C=CNCC1)N1CCNCC1. The van der Waals surface area contributed by atoms with E-state index in [0.29, 0.717) is 0 Å². The first kappa shape index (κ1) is 10.9. The fourth-order valence-electron chi connectivity index (χ4n) is 1.97. The number of hydrogen-bond donors (Lipinski definition) is 4. The van der Waals surface area contributed by atoms with E-state index in [1.54, 1.807) is 0 Å². The molecule has 2 rings (SSSR count). The van der Waals surface area contributed by atoms with Gasteiger partial charge < -0.3 is 15.7 Å². The van der Waals surface area contributed by atoms with Gasteiger partial charge in [-0.25, -0.2) is 0 Å². The molecule has 1 fully saturated rings. The summed E-state index contributed by atoms with van der Waals surface area (Å²) in [7, 11) is 0. The van der Waals surface area contributed by atoms with Crippen LogP contribution in [0.4, 0.5) is 0 Å². The highest BCUT2D eigenvalue weighted by Crippen LogP contribution is 2.02. The zero-order valence-corrected chi connectivity index (χ0v) is 8.95. The molecular weight excluding hydrogens is 192 g/mol. The highest BCUT2D eigenvalue weighted by molar-refractivity contribution is 4.96. The Morgan fingerprint density at radius 1 is 1.33 bits per heavy atom. The Hall–Kier alpha value is -0.620. The van der Waals surface area contributed by atoms with Crippen LogP contribution in [0.1, 0.15) is 6.42 Å². The van der Waals surface area contributed by atoms with E-state index in [1.807, 2.05) is 6.20 Å². The van der Waals surface area contributed by atoms with Crippen LogP contribution < -0.4 is 16.0 Å². The summed E-state index contributed by atoms with van der Waals surface area (Å²) < 4.78 is 0.